The molecular formula is C13H10Cl2FNO2S. The molecule has 0 amide bonds. The molecule has 0 bridgehead atoms. The summed E-state index contributed by atoms with van der Waals surface area (Å²) in [6.45, 7) is 0. The first-order chi connectivity index (χ1) is 9.29. The summed E-state index contributed by atoms with van der Waals surface area (Å²) in [5.74, 6) is -1.01. The number of sulfone groups is 1. The molecule has 0 fully saturated rings. The fourth-order valence-corrected chi connectivity index (χ4v) is 3.75. The number of hydrogen-bond acceptors (Lipinski definition) is 3. The Balaban J connectivity index is 2.46. The second-order valence-corrected chi connectivity index (χ2v) is 6.98. The van der Waals surface area contributed by atoms with E-state index >= 15 is 0 Å². The molecule has 0 aromatic heterocycles. The molecule has 2 rings (SSSR count). The molecule has 20 heavy (non-hydrogen) atoms. The monoisotopic (exact) mass is 333 g/mol. The van der Waals surface area contributed by atoms with Crippen molar-refractivity contribution in [1.82, 2.24) is 0 Å². The lowest BCUT2D eigenvalue weighted by Crippen LogP contribution is -2.08. The lowest BCUT2D eigenvalue weighted by molar-refractivity contribution is 0.595. The zero-order valence-electron chi connectivity index (χ0n) is 10.1. The maximum absolute atomic E-state index is 13.2. The second-order valence-electron chi connectivity index (χ2n) is 4.18. The van der Waals surface area contributed by atoms with E-state index in [2.05, 4.69) is 0 Å². The first-order valence-corrected chi connectivity index (χ1v) is 7.92. The number of benzene rings is 2. The first-order valence-electron chi connectivity index (χ1n) is 5.51. The van der Waals surface area contributed by atoms with E-state index in [1.54, 1.807) is 0 Å². The third-order valence-corrected chi connectivity index (χ3v) is 4.98. The van der Waals surface area contributed by atoms with Gasteiger partial charge in [-0.3, -0.25) is 0 Å². The summed E-state index contributed by atoms with van der Waals surface area (Å²) in [6.07, 6.45) is 0. The van der Waals surface area contributed by atoms with E-state index in [1.165, 1.54) is 24.3 Å². The molecule has 2 aromatic carbocycles. The molecule has 0 aliphatic heterocycles. The highest BCUT2D eigenvalue weighted by Crippen LogP contribution is 2.28. The fraction of sp³-hybridized carbons (Fsp3) is 0.0769. The standard InChI is InChI=1S/C13H10Cl2FNO2S/c14-9-1-4-12(17)13(6-9)20(18,19)7-8-5-10(16)2-3-11(8)15/h1-6H,7,17H2. The van der Waals surface area contributed by atoms with Gasteiger partial charge in [-0.1, -0.05) is 23.2 Å². The van der Waals surface area contributed by atoms with Crippen LogP contribution in [0, 0.1) is 5.82 Å². The number of hydrogen-bond donors (Lipinski definition) is 1. The van der Waals surface area contributed by atoms with Crippen LogP contribution in [0.25, 0.3) is 0 Å². The van der Waals surface area contributed by atoms with Crippen molar-refractivity contribution in [2.45, 2.75) is 10.6 Å². The molecule has 0 heterocycles. The first kappa shape index (κ1) is 15.1. The van der Waals surface area contributed by atoms with Crippen molar-refractivity contribution in [1.29, 1.82) is 0 Å². The third kappa shape index (κ3) is 3.23. The van der Waals surface area contributed by atoms with Crippen LogP contribution in [0.2, 0.25) is 10.0 Å². The Morgan fingerprint density at radius 1 is 1.10 bits per heavy atom. The summed E-state index contributed by atoms with van der Waals surface area (Å²) in [7, 11) is -3.77. The zero-order valence-corrected chi connectivity index (χ0v) is 12.4. The van der Waals surface area contributed by atoms with Crippen molar-refractivity contribution in [3.63, 3.8) is 0 Å². The van der Waals surface area contributed by atoms with E-state index in [4.69, 9.17) is 28.9 Å². The van der Waals surface area contributed by atoms with E-state index in [-0.39, 0.29) is 26.2 Å². The lowest BCUT2D eigenvalue weighted by atomic mass is 10.2. The van der Waals surface area contributed by atoms with Gasteiger partial charge in [0.15, 0.2) is 9.84 Å². The van der Waals surface area contributed by atoms with Crippen LogP contribution >= 0.6 is 23.2 Å². The Morgan fingerprint density at radius 2 is 1.80 bits per heavy atom. The van der Waals surface area contributed by atoms with E-state index in [0.29, 0.717) is 0 Å². The summed E-state index contributed by atoms with van der Waals surface area (Å²) < 4.78 is 37.8. The van der Waals surface area contributed by atoms with Crippen LogP contribution < -0.4 is 5.73 Å². The number of rotatable bonds is 3. The molecule has 0 saturated heterocycles. The quantitative estimate of drug-likeness (QED) is 0.871. The second kappa shape index (κ2) is 5.60. The Bertz CT molecular complexity index is 763. The summed E-state index contributed by atoms with van der Waals surface area (Å²) in [4.78, 5) is -0.0923. The van der Waals surface area contributed by atoms with E-state index in [0.717, 1.165) is 12.1 Å². The van der Waals surface area contributed by atoms with Crippen LogP contribution in [0.1, 0.15) is 5.56 Å². The van der Waals surface area contributed by atoms with Crippen LogP contribution in [0.5, 0.6) is 0 Å². The predicted molar refractivity (Wildman–Crippen MR) is 78.2 cm³/mol. The molecule has 0 saturated carbocycles. The molecular weight excluding hydrogens is 324 g/mol. The van der Waals surface area contributed by atoms with Crippen LogP contribution in [0.3, 0.4) is 0 Å². The Morgan fingerprint density at radius 3 is 2.50 bits per heavy atom. The smallest absolute Gasteiger partial charge is 0.184 e. The van der Waals surface area contributed by atoms with Crippen LogP contribution in [0.15, 0.2) is 41.3 Å². The summed E-state index contributed by atoms with van der Waals surface area (Å²) >= 11 is 11.6. The van der Waals surface area contributed by atoms with Gasteiger partial charge >= 0.3 is 0 Å². The highest BCUT2D eigenvalue weighted by Gasteiger charge is 2.20. The van der Waals surface area contributed by atoms with Crippen LogP contribution in [-0.4, -0.2) is 8.42 Å². The molecule has 2 aromatic rings. The largest absolute Gasteiger partial charge is 0.398 e. The molecule has 0 aliphatic rings. The number of halogens is 3. The van der Waals surface area contributed by atoms with Crippen LogP contribution in [0.4, 0.5) is 10.1 Å². The van der Waals surface area contributed by atoms with Crippen molar-refractivity contribution in [3.05, 3.63) is 57.8 Å². The average Bonchev–Trinajstić information content (AvgIpc) is 2.36. The molecule has 3 nitrogen and oxygen atoms in total. The van der Waals surface area contributed by atoms with Crippen molar-refractivity contribution < 1.29 is 12.8 Å². The van der Waals surface area contributed by atoms with E-state index in [9.17, 15) is 12.8 Å². The van der Waals surface area contributed by atoms with Crippen molar-refractivity contribution in [3.8, 4) is 0 Å². The average molecular weight is 334 g/mol. The van der Waals surface area contributed by atoms with Gasteiger partial charge in [-0.05, 0) is 42.0 Å². The highest BCUT2D eigenvalue weighted by atomic mass is 35.5. The maximum Gasteiger partial charge on any atom is 0.184 e. The minimum absolute atomic E-state index is 0.0851. The van der Waals surface area contributed by atoms with Gasteiger partial charge in [0, 0.05) is 10.0 Å². The minimum Gasteiger partial charge on any atom is -0.398 e. The maximum atomic E-state index is 13.2. The van der Waals surface area contributed by atoms with Gasteiger partial charge < -0.3 is 5.73 Å². The lowest BCUT2D eigenvalue weighted by Gasteiger charge is -2.09. The molecule has 7 heteroatoms. The molecule has 0 spiro atoms. The van der Waals surface area contributed by atoms with Crippen molar-refractivity contribution in [2.75, 3.05) is 5.73 Å². The molecule has 0 atom stereocenters. The minimum atomic E-state index is -3.77. The number of nitrogens with two attached hydrogens (primary N) is 1. The number of anilines is 1. The van der Waals surface area contributed by atoms with Crippen molar-refractivity contribution >= 4 is 38.7 Å². The van der Waals surface area contributed by atoms with Gasteiger partial charge in [-0.15, -0.1) is 0 Å². The molecule has 0 aliphatic carbocycles. The Kier molecular flexibility index (Phi) is 4.22. The molecule has 106 valence electrons. The van der Waals surface area contributed by atoms with Crippen LogP contribution in [-0.2, 0) is 15.6 Å². The Labute approximate surface area is 126 Å². The topological polar surface area (TPSA) is 60.2 Å². The summed E-state index contributed by atoms with van der Waals surface area (Å²) in [5, 5.41) is 0.429. The van der Waals surface area contributed by atoms with E-state index < -0.39 is 21.4 Å². The molecule has 0 radical (unpaired) electrons. The summed E-state index contributed by atoms with van der Waals surface area (Å²) in [6, 6.07) is 7.71. The normalized spacial score (nSPS) is 11.6. The zero-order chi connectivity index (χ0) is 14.9. The van der Waals surface area contributed by atoms with Gasteiger partial charge in [-0.25, -0.2) is 12.8 Å². The molecule has 2 N–H and O–H groups in total. The van der Waals surface area contributed by atoms with Gasteiger partial charge in [0.25, 0.3) is 0 Å². The van der Waals surface area contributed by atoms with Gasteiger partial charge in [0.05, 0.1) is 16.3 Å². The predicted octanol–water partition coefficient (Wildman–Crippen LogP) is 3.69. The van der Waals surface area contributed by atoms with E-state index in [1.807, 2.05) is 0 Å². The third-order valence-electron chi connectivity index (χ3n) is 2.66. The fourth-order valence-electron chi connectivity index (χ4n) is 1.71. The molecule has 0 unspecified atom stereocenters. The Hall–Kier alpha value is -1.30. The van der Waals surface area contributed by atoms with Gasteiger partial charge in [-0.2, -0.15) is 0 Å². The van der Waals surface area contributed by atoms with Crippen molar-refractivity contribution in [2.24, 2.45) is 0 Å². The number of nitrogen functional groups attached to an aromatic ring is 1. The SMILES string of the molecule is Nc1ccc(Cl)cc1S(=O)(=O)Cc1cc(F)ccc1Cl. The van der Waals surface area contributed by atoms with Gasteiger partial charge in [0.2, 0.25) is 0 Å². The van der Waals surface area contributed by atoms with Gasteiger partial charge in [0.1, 0.15) is 5.82 Å². The highest BCUT2D eigenvalue weighted by molar-refractivity contribution is 7.90. The summed E-state index contributed by atoms with van der Waals surface area (Å²) in [5.41, 5.74) is 5.91.